The fourth-order valence-electron chi connectivity index (χ4n) is 4.16. The number of aryl methyl sites for hydroxylation is 1. The molecule has 0 aliphatic carbocycles. The maximum Gasteiger partial charge on any atom is 0.220 e. The smallest absolute Gasteiger partial charge is 0.220 e. The van der Waals surface area contributed by atoms with E-state index in [9.17, 15) is 4.79 Å². The maximum absolute atomic E-state index is 12.4. The zero-order valence-corrected chi connectivity index (χ0v) is 14.7. The number of hydrogen-bond donors (Lipinski definition) is 2. The molecule has 1 aromatic carbocycles. The van der Waals surface area contributed by atoms with Gasteiger partial charge in [0, 0.05) is 30.5 Å². The number of nitrogens with one attached hydrogen (secondary N) is 2. The average molecular weight is 314 g/mol. The van der Waals surface area contributed by atoms with E-state index in [0.717, 1.165) is 0 Å². The molecular weight excluding hydrogens is 284 g/mol. The first-order valence-corrected chi connectivity index (χ1v) is 9.02. The van der Waals surface area contributed by atoms with Gasteiger partial charge in [-0.1, -0.05) is 43.7 Å². The quantitative estimate of drug-likeness (QED) is 0.875. The van der Waals surface area contributed by atoms with E-state index in [-0.39, 0.29) is 11.3 Å². The Morgan fingerprint density at radius 2 is 1.96 bits per heavy atom. The van der Waals surface area contributed by atoms with E-state index < -0.39 is 0 Å². The first-order valence-electron chi connectivity index (χ1n) is 9.02. The first kappa shape index (κ1) is 16.5. The summed E-state index contributed by atoms with van der Waals surface area (Å²) in [4.78, 5) is 12.4. The van der Waals surface area contributed by atoms with Crippen molar-refractivity contribution in [2.24, 2.45) is 5.92 Å². The second-order valence-corrected chi connectivity index (χ2v) is 8.21. The van der Waals surface area contributed by atoms with Gasteiger partial charge in [0.2, 0.25) is 5.91 Å². The van der Waals surface area contributed by atoms with Gasteiger partial charge in [-0.3, -0.25) is 4.79 Å². The Balaban J connectivity index is 1.50. The molecule has 3 heteroatoms. The molecule has 2 unspecified atom stereocenters. The summed E-state index contributed by atoms with van der Waals surface area (Å²) < 4.78 is 0. The summed E-state index contributed by atoms with van der Waals surface area (Å²) in [5.74, 6) is 0.785. The largest absolute Gasteiger partial charge is 0.355 e. The molecule has 3 nitrogen and oxygen atoms in total. The highest BCUT2D eigenvalue weighted by Gasteiger charge is 2.34. The van der Waals surface area contributed by atoms with Crippen LogP contribution >= 0.6 is 0 Å². The Morgan fingerprint density at radius 3 is 2.61 bits per heavy atom. The Kier molecular flexibility index (Phi) is 4.77. The van der Waals surface area contributed by atoms with Crippen LogP contribution in [-0.2, 0) is 10.2 Å². The third-order valence-corrected chi connectivity index (χ3v) is 5.57. The van der Waals surface area contributed by atoms with E-state index in [1.807, 2.05) is 0 Å². The number of hydrogen-bond acceptors (Lipinski definition) is 2. The van der Waals surface area contributed by atoms with E-state index in [1.54, 1.807) is 0 Å². The van der Waals surface area contributed by atoms with Crippen LogP contribution in [0.2, 0.25) is 0 Å². The number of piperidine rings is 1. The number of amides is 1. The van der Waals surface area contributed by atoms with Crippen molar-refractivity contribution in [2.45, 2.75) is 70.4 Å². The molecule has 2 saturated heterocycles. The van der Waals surface area contributed by atoms with Gasteiger partial charge in [-0.15, -0.1) is 0 Å². The molecule has 2 aliphatic heterocycles. The van der Waals surface area contributed by atoms with Crippen LogP contribution in [0.5, 0.6) is 0 Å². The van der Waals surface area contributed by atoms with Crippen LogP contribution in [0, 0.1) is 12.8 Å². The van der Waals surface area contributed by atoms with Gasteiger partial charge in [0.25, 0.3) is 0 Å². The van der Waals surface area contributed by atoms with E-state index >= 15 is 0 Å². The fourth-order valence-corrected chi connectivity index (χ4v) is 4.16. The summed E-state index contributed by atoms with van der Waals surface area (Å²) >= 11 is 0. The van der Waals surface area contributed by atoms with Gasteiger partial charge >= 0.3 is 0 Å². The lowest BCUT2D eigenvalue weighted by Crippen LogP contribution is -2.41. The van der Waals surface area contributed by atoms with Crippen molar-refractivity contribution in [1.82, 2.24) is 10.6 Å². The van der Waals surface area contributed by atoms with Gasteiger partial charge in [-0.05, 0) is 44.1 Å². The standard InChI is InChI=1S/C20H30N2O/c1-14-5-4-6-16(9-14)20(2,3)13-21-19(23)12-15-10-17-7-8-18(11-15)22-17/h4-6,9,15,17-18,22H,7-8,10-13H2,1-3H3,(H,21,23). The van der Waals surface area contributed by atoms with Crippen LogP contribution in [-0.4, -0.2) is 24.5 Å². The molecule has 3 rings (SSSR count). The molecule has 2 bridgehead atoms. The molecule has 1 aromatic rings. The highest BCUT2D eigenvalue weighted by molar-refractivity contribution is 5.76. The monoisotopic (exact) mass is 314 g/mol. The third kappa shape index (κ3) is 4.14. The van der Waals surface area contributed by atoms with Gasteiger partial charge in [0.05, 0.1) is 0 Å². The Bertz CT molecular complexity index is 555. The molecule has 126 valence electrons. The number of carbonyl (C=O) groups is 1. The van der Waals surface area contributed by atoms with Crippen LogP contribution in [0.3, 0.4) is 0 Å². The topological polar surface area (TPSA) is 41.1 Å². The Hall–Kier alpha value is -1.35. The maximum atomic E-state index is 12.4. The third-order valence-electron chi connectivity index (χ3n) is 5.57. The lowest BCUT2D eigenvalue weighted by Gasteiger charge is -2.30. The lowest BCUT2D eigenvalue weighted by molar-refractivity contribution is -0.122. The first-order chi connectivity index (χ1) is 10.9. The predicted molar refractivity (Wildman–Crippen MR) is 94.5 cm³/mol. The number of carbonyl (C=O) groups excluding carboxylic acids is 1. The van der Waals surface area contributed by atoms with Crippen LogP contribution in [0.15, 0.2) is 24.3 Å². The van der Waals surface area contributed by atoms with Crippen LogP contribution in [0.4, 0.5) is 0 Å². The van der Waals surface area contributed by atoms with E-state index in [2.05, 4.69) is 55.7 Å². The number of fused-ring (bicyclic) bond motifs is 2. The van der Waals surface area contributed by atoms with Crippen molar-refractivity contribution in [3.8, 4) is 0 Å². The molecule has 0 spiro atoms. The fraction of sp³-hybridized carbons (Fsp3) is 0.650. The van der Waals surface area contributed by atoms with Gasteiger partial charge in [0.15, 0.2) is 0 Å². The summed E-state index contributed by atoms with van der Waals surface area (Å²) in [6.07, 6.45) is 5.63. The highest BCUT2D eigenvalue weighted by atomic mass is 16.1. The number of rotatable bonds is 5. The minimum absolute atomic E-state index is 0.0329. The molecule has 0 radical (unpaired) electrons. The SMILES string of the molecule is Cc1cccc(C(C)(C)CNC(=O)CC2CC3CCC(C2)N3)c1. The van der Waals surface area contributed by atoms with Crippen LogP contribution < -0.4 is 10.6 Å². The predicted octanol–water partition coefficient (Wildman–Crippen LogP) is 3.31. The normalized spacial score (nSPS) is 27.0. The summed E-state index contributed by atoms with van der Waals surface area (Å²) in [5.41, 5.74) is 2.53. The van der Waals surface area contributed by atoms with Crippen molar-refractivity contribution in [3.63, 3.8) is 0 Å². The molecule has 2 heterocycles. The molecule has 2 fully saturated rings. The minimum Gasteiger partial charge on any atom is -0.355 e. The second kappa shape index (κ2) is 6.64. The zero-order chi connectivity index (χ0) is 16.4. The van der Waals surface area contributed by atoms with Crippen LogP contribution in [0.25, 0.3) is 0 Å². The minimum atomic E-state index is -0.0329. The van der Waals surface area contributed by atoms with Crippen molar-refractivity contribution in [3.05, 3.63) is 35.4 Å². The van der Waals surface area contributed by atoms with Crippen LogP contribution in [0.1, 0.15) is 57.1 Å². The number of benzene rings is 1. The molecule has 2 atom stereocenters. The molecule has 0 aromatic heterocycles. The molecule has 0 saturated carbocycles. The molecule has 2 N–H and O–H groups in total. The Morgan fingerprint density at radius 1 is 1.26 bits per heavy atom. The lowest BCUT2D eigenvalue weighted by atomic mass is 9.83. The van der Waals surface area contributed by atoms with Crippen molar-refractivity contribution >= 4 is 5.91 Å². The van der Waals surface area contributed by atoms with E-state index in [0.29, 0.717) is 31.0 Å². The second-order valence-electron chi connectivity index (χ2n) is 8.21. The molecule has 23 heavy (non-hydrogen) atoms. The average Bonchev–Trinajstić information content (AvgIpc) is 2.84. The van der Waals surface area contributed by atoms with Gasteiger partial charge in [0.1, 0.15) is 0 Å². The van der Waals surface area contributed by atoms with Gasteiger partial charge < -0.3 is 10.6 Å². The zero-order valence-electron chi connectivity index (χ0n) is 14.7. The summed E-state index contributed by atoms with van der Waals surface area (Å²) in [5, 5.41) is 6.82. The van der Waals surface area contributed by atoms with Crippen molar-refractivity contribution < 1.29 is 4.79 Å². The molecular formula is C20H30N2O. The van der Waals surface area contributed by atoms with E-state index in [4.69, 9.17) is 0 Å². The highest BCUT2D eigenvalue weighted by Crippen LogP contribution is 2.32. The van der Waals surface area contributed by atoms with E-state index in [1.165, 1.54) is 36.8 Å². The summed E-state index contributed by atoms with van der Waals surface area (Å²) in [6, 6.07) is 9.91. The summed E-state index contributed by atoms with van der Waals surface area (Å²) in [6.45, 7) is 7.22. The molecule has 1 amide bonds. The van der Waals surface area contributed by atoms with Gasteiger partial charge in [-0.25, -0.2) is 0 Å². The van der Waals surface area contributed by atoms with Gasteiger partial charge in [-0.2, -0.15) is 0 Å². The summed E-state index contributed by atoms with van der Waals surface area (Å²) in [7, 11) is 0. The van der Waals surface area contributed by atoms with Crippen molar-refractivity contribution in [1.29, 1.82) is 0 Å². The Labute approximate surface area is 140 Å². The molecule has 2 aliphatic rings. The van der Waals surface area contributed by atoms with Crippen molar-refractivity contribution in [2.75, 3.05) is 6.54 Å².